The number of aryl methyl sites for hydroxylation is 1. The molecule has 0 fully saturated rings. The van der Waals surface area contributed by atoms with E-state index in [4.69, 9.17) is 4.99 Å². The molecular weight excluding hydrogens is 336 g/mol. The van der Waals surface area contributed by atoms with Gasteiger partial charge in [0.25, 0.3) is 0 Å². The monoisotopic (exact) mass is 364 g/mol. The predicted molar refractivity (Wildman–Crippen MR) is 109 cm³/mol. The standard InChI is InChI=1S/C21H28N6/c1-4-23-21(26(3)16-20-9-6-11-25(20)2)24-14-18-7-5-8-19(13-18)15-27-12-10-22-17-27/h5-13,17H,4,14-16H2,1-3H3,(H,23,24). The van der Waals surface area contributed by atoms with Gasteiger partial charge in [0.15, 0.2) is 5.96 Å². The maximum Gasteiger partial charge on any atom is 0.194 e. The van der Waals surface area contributed by atoms with Gasteiger partial charge in [-0.2, -0.15) is 0 Å². The Morgan fingerprint density at radius 2 is 2.04 bits per heavy atom. The zero-order valence-electron chi connectivity index (χ0n) is 16.3. The molecule has 0 saturated carbocycles. The van der Waals surface area contributed by atoms with Crippen LogP contribution >= 0.6 is 0 Å². The summed E-state index contributed by atoms with van der Waals surface area (Å²) in [5.74, 6) is 0.915. The van der Waals surface area contributed by atoms with E-state index in [1.807, 2.05) is 12.5 Å². The van der Waals surface area contributed by atoms with E-state index in [-0.39, 0.29) is 0 Å². The Balaban J connectivity index is 1.68. The molecule has 0 aliphatic heterocycles. The number of hydrogen-bond acceptors (Lipinski definition) is 2. The van der Waals surface area contributed by atoms with E-state index < -0.39 is 0 Å². The van der Waals surface area contributed by atoms with Crippen molar-refractivity contribution >= 4 is 5.96 Å². The lowest BCUT2D eigenvalue weighted by molar-refractivity contribution is 0.462. The predicted octanol–water partition coefficient (Wildman–Crippen LogP) is 2.87. The van der Waals surface area contributed by atoms with Gasteiger partial charge in [-0.1, -0.05) is 24.3 Å². The second kappa shape index (κ2) is 9.07. The molecule has 0 amide bonds. The van der Waals surface area contributed by atoms with E-state index in [0.717, 1.165) is 25.6 Å². The minimum atomic E-state index is 0.650. The van der Waals surface area contributed by atoms with Crippen LogP contribution in [0.1, 0.15) is 23.7 Å². The molecule has 1 aromatic carbocycles. The van der Waals surface area contributed by atoms with Crippen molar-refractivity contribution in [3.63, 3.8) is 0 Å². The van der Waals surface area contributed by atoms with Crippen LogP contribution in [-0.4, -0.2) is 38.6 Å². The lowest BCUT2D eigenvalue weighted by Crippen LogP contribution is -2.38. The third kappa shape index (κ3) is 5.23. The molecule has 1 N–H and O–H groups in total. The highest BCUT2D eigenvalue weighted by atomic mass is 15.3. The second-order valence-corrected chi connectivity index (χ2v) is 6.69. The Kier molecular flexibility index (Phi) is 6.30. The van der Waals surface area contributed by atoms with Crippen LogP contribution in [0.2, 0.25) is 0 Å². The van der Waals surface area contributed by atoms with Crippen LogP contribution in [0, 0.1) is 0 Å². The van der Waals surface area contributed by atoms with Crippen molar-refractivity contribution in [1.29, 1.82) is 0 Å². The van der Waals surface area contributed by atoms with E-state index in [1.165, 1.54) is 16.8 Å². The number of aliphatic imine (C=N–C) groups is 1. The van der Waals surface area contributed by atoms with Crippen LogP contribution in [-0.2, 0) is 26.7 Å². The van der Waals surface area contributed by atoms with Gasteiger partial charge in [0.1, 0.15) is 0 Å². The number of aromatic nitrogens is 3. The maximum atomic E-state index is 4.84. The molecule has 2 heterocycles. The summed E-state index contributed by atoms with van der Waals surface area (Å²) >= 11 is 0. The molecule has 3 aromatic rings. The van der Waals surface area contributed by atoms with E-state index in [1.54, 1.807) is 6.20 Å². The average molecular weight is 364 g/mol. The highest BCUT2D eigenvalue weighted by Crippen LogP contribution is 2.09. The first-order valence-electron chi connectivity index (χ1n) is 9.29. The summed E-state index contributed by atoms with van der Waals surface area (Å²) in [7, 11) is 4.14. The molecule has 0 aliphatic carbocycles. The fraction of sp³-hybridized carbons (Fsp3) is 0.333. The minimum Gasteiger partial charge on any atom is -0.357 e. The highest BCUT2D eigenvalue weighted by molar-refractivity contribution is 5.79. The third-order valence-electron chi connectivity index (χ3n) is 4.47. The van der Waals surface area contributed by atoms with Gasteiger partial charge in [0.05, 0.1) is 19.4 Å². The lowest BCUT2D eigenvalue weighted by atomic mass is 10.1. The number of guanidine groups is 1. The zero-order valence-corrected chi connectivity index (χ0v) is 16.3. The number of nitrogens with one attached hydrogen (secondary N) is 1. The summed E-state index contributed by atoms with van der Waals surface area (Å²) in [6, 6.07) is 12.8. The molecular formula is C21H28N6. The molecule has 2 aromatic heterocycles. The Bertz CT molecular complexity index is 862. The molecule has 0 bridgehead atoms. The zero-order chi connectivity index (χ0) is 19.1. The number of imidazole rings is 1. The van der Waals surface area contributed by atoms with E-state index in [9.17, 15) is 0 Å². The number of rotatable bonds is 7. The van der Waals surface area contributed by atoms with Crippen LogP contribution in [0.5, 0.6) is 0 Å². The topological polar surface area (TPSA) is 50.4 Å². The van der Waals surface area contributed by atoms with Crippen molar-refractivity contribution in [2.45, 2.75) is 26.6 Å². The van der Waals surface area contributed by atoms with E-state index in [2.05, 4.69) is 87.9 Å². The molecule has 0 saturated heterocycles. The van der Waals surface area contributed by atoms with Crippen molar-refractivity contribution < 1.29 is 0 Å². The molecule has 0 unspecified atom stereocenters. The van der Waals surface area contributed by atoms with Gasteiger partial charge >= 0.3 is 0 Å². The average Bonchev–Trinajstić information content (AvgIpc) is 3.31. The highest BCUT2D eigenvalue weighted by Gasteiger charge is 2.08. The maximum absolute atomic E-state index is 4.84. The molecule has 3 rings (SSSR count). The van der Waals surface area contributed by atoms with Crippen molar-refractivity contribution in [2.75, 3.05) is 13.6 Å². The first-order valence-corrected chi connectivity index (χ1v) is 9.29. The van der Waals surface area contributed by atoms with Crippen LogP contribution in [0.3, 0.4) is 0 Å². The minimum absolute atomic E-state index is 0.650. The number of benzene rings is 1. The van der Waals surface area contributed by atoms with E-state index in [0.29, 0.717) is 6.54 Å². The summed E-state index contributed by atoms with van der Waals surface area (Å²) in [6.45, 7) is 5.23. The fourth-order valence-corrected chi connectivity index (χ4v) is 3.03. The van der Waals surface area contributed by atoms with Crippen molar-refractivity contribution in [3.05, 3.63) is 78.1 Å². The fourth-order valence-electron chi connectivity index (χ4n) is 3.03. The third-order valence-corrected chi connectivity index (χ3v) is 4.47. The van der Waals surface area contributed by atoms with Crippen molar-refractivity contribution in [1.82, 2.24) is 24.3 Å². The summed E-state index contributed by atoms with van der Waals surface area (Å²) in [5.41, 5.74) is 3.71. The quantitative estimate of drug-likeness (QED) is 0.518. The molecule has 0 aliphatic rings. The van der Waals surface area contributed by atoms with Gasteiger partial charge in [-0.25, -0.2) is 9.98 Å². The summed E-state index contributed by atoms with van der Waals surface area (Å²) in [6.07, 6.45) is 7.69. The van der Waals surface area contributed by atoms with Crippen molar-refractivity contribution in [3.8, 4) is 0 Å². The first kappa shape index (κ1) is 18.8. The number of nitrogens with zero attached hydrogens (tertiary/aromatic N) is 5. The van der Waals surface area contributed by atoms with Crippen LogP contribution < -0.4 is 5.32 Å². The van der Waals surface area contributed by atoms with Gasteiger partial charge in [-0.05, 0) is 30.2 Å². The first-order chi connectivity index (χ1) is 13.2. The Labute approximate surface area is 161 Å². The van der Waals surface area contributed by atoms with Gasteiger partial charge in [-0.3, -0.25) is 0 Å². The van der Waals surface area contributed by atoms with Gasteiger partial charge < -0.3 is 19.4 Å². The van der Waals surface area contributed by atoms with Gasteiger partial charge in [0.2, 0.25) is 0 Å². The summed E-state index contributed by atoms with van der Waals surface area (Å²) < 4.78 is 4.21. The summed E-state index contributed by atoms with van der Waals surface area (Å²) in [4.78, 5) is 11.1. The molecule has 0 atom stereocenters. The van der Waals surface area contributed by atoms with Gasteiger partial charge in [-0.15, -0.1) is 0 Å². The molecule has 27 heavy (non-hydrogen) atoms. The molecule has 0 radical (unpaired) electrons. The Morgan fingerprint density at radius 3 is 2.74 bits per heavy atom. The van der Waals surface area contributed by atoms with Crippen LogP contribution in [0.25, 0.3) is 0 Å². The molecule has 142 valence electrons. The number of hydrogen-bond donors (Lipinski definition) is 1. The second-order valence-electron chi connectivity index (χ2n) is 6.69. The molecule has 6 heteroatoms. The van der Waals surface area contributed by atoms with Crippen LogP contribution in [0.4, 0.5) is 0 Å². The van der Waals surface area contributed by atoms with Crippen molar-refractivity contribution in [2.24, 2.45) is 12.0 Å². The Morgan fingerprint density at radius 1 is 1.19 bits per heavy atom. The molecule has 0 spiro atoms. The molecule has 6 nitrogen and oxygen atoms in total. The SMILES string of the molecule is CCNC(=NCc1cccc(Cn2ccnc2)c1)N(C)Cc1cccn1C. The van der Waals surface area contributed by atoms with E-state index >= 15 is 0 Å². The smallest absolute Gasteiger partial charge is 0.194 e. The van der Waals surface area contributed by atoms with Gasteiger partial charge in [0, 0.05) is 51.5 Å². The normalized spacial score (nSPS) is 11.6. The Hall–Kier alpha value is -3.02. The summed E-state index contributed by atoms with van der Waals surface area (Å²) in [5, 5.41) is 3.39. The lowest BCUT2D eigenvalue weighted by Gasteiger charge is -2.22. The van der Waals surface area contributed by atoms with Crippen LogP contribution in [0.15, 0.2) is 66.3 Å². The largest absolute Gasteiger partial charge is 0.357 e.